The first-order valence-corrected chi connectivity index (χ1v) is 8.13. The average Bonchev–Trinajstić information content (AvgIpc) is 3.06. The van der Waals surface area contributed by atoms with Crippen LogP contribution in [0.3, 0.4) is 0 Å². The highest BCUT2D eigenvalue weighted by Crippen LogP contribution is 2.26. The van der Waals surface area contributed by atoms with Crippen molar-refractivity contribution >= 4 is 23.3 Å². The molecule has 0 aliphatic heterocycles. The Morgan fingerprint density at radius 1 is 1.12 bits per heavy atom. The molecule has 1 aromatic heterocycles. The molecule has 1 amide bonds. The summed E-state index contributed by atoms with van der Waals surface area (Å²) in [6, 6.07) is 14.4. The fourth-order valence-electron chi connectivity index (χ4n) is 2.30. The van der Waals surface area contributed by atoms with E-state index in [9.17, 15) is 4.79 Å². The van der Waals surface area contributed by atoms with E-state index in [-0.39, 0.29) is 18.1 Å². The zero-order valence-corrected chi connectivity index (χ0v) is 14.3. The lowest BCUT2D eigenvalue weighted by Crippen LogP contribution is -2.15. The van der Waals surface area contributed by atoms with Gasteiger partial charge in [0.2, 0.25) is 11.7 Å². The molecule has 128 valence electrons. The Labute approximate surface area is 149 Å². The molecule has 0 aliphatic rings. The van der Waals surface area contributed by atoms with Crippen LogP contribution in [0.25, 0.3) is 11.3 Å². The molecule has 0 saturated carbocycles. The predicted molar refractivity (Wildman–Crippen MR) is 94.7 cm³/mol. The zero-order valence-electron chi connectivity index (χ0n) is 13.5. The van der Waals surface area contributed by atoms with Crippen LogP contribution in [0.4, 0.5) is 5.82 Å². The molecule has 7 heteroatoms. The van der Waals surface area contributed by atoms with Crippen molar-refractivity contribution in [3.8, 4) is 17.0 Å². The number of halogens is 1. The van der Waals surface area contributed by atoms with Gasteiger partial charge < -0.3 is 10.1 Å². The predicted octanol–water partition coefficient (Wildman–Crippen LogP) is 3.97. The number of ether oxygens (including phenoxy) is 1. The molecule has 0 fully saturated rings. The molecule has 1 N–H and O–H groups in total. The van der Waals surface area contributed by atoms with E-state index in [4.69, 9.17) is 21.0 Å². The Morgan fingerprint density at radius 2 is 1.84 bits per heavy atom. The summed E-state index contributed by atoms with van der Waals surface area (Å²) in [6.45, 7) is 2.51. The summed E-state index contributed by atoms with van der Waals surface area (Å²) in [5, 5.41) is 11.0. The Kier molecular flexibility index (Phi) is 5.30. The van der Waals surface area contributed by atoms with Crippen LogP contribution in [0.15, 0.2) is 53.2 Å². The van der Waals surface area contributed by atoms with Gasteiger partial charge in [0.05, 0.1) is 13.0 Å². The molecule has 3 rings (SSSR count). The average molecular weight is 358 g/mol. The van der Waals surface area contributed by atoms with Crippen LogP contribution in [0, 0.1) is 0 Å². The van der Waals surface area contributed by atoms with Crippen LogP contribution in [0.1, 0.15) is 12.5 Å². The highest BCUT2D eigenvalue weighted by molar-refractivity contribution is 6.30. The molecule has 25 heavy (non-hydrogen) atoms. The number of carbonyl (C=O) groups excluding carboxylic acids is 1. The molecule has 1 heterocycles. The molecule has 0 aliphatic carbocycles. The molecule has 0 atom stereocenters. The van der Waals surface area contributed by atoms with Gasteiger partial charge in [0.25, 0.3) is 0 Å². The zero-order chi connectivity index (χ0) is 17.6. The SMILES string of the molecule is CCOc1ccc(-c2nonc2NC(=O)Cc2ccc(Cl)cc2)cc1. The maximum Gasteiger partial charge on any atom is 0.230 e. The molecule has 0 spiro atoms. The number of rotatable bonds is 6. The first-order valence-electron chi connectivity index (χ1n) is 7.76. The minimum absolute atomic E-state index is 0.201. The summed E-state index contributed by atoms with van der Waals surface area (Å²) >= 11 is 5.84. The van der Waals surface area contributed by atoms with Gasteiger partial charge in [-0.15, -0.1) is 0 Å². The number of hydrogen-bond donors (Lipinski definition) is 1. The van der Waals surface area contributed by atoms with E-state index in [1.165, 1.54) is 0 Å². The van der Waals surface area contributed by atoms with Crippen molar-refractivity contribution in [2.45, 2.75) is 13.3 Å². The normalized spacial score (nSPS) is 10.5. The second kappa shape index (κ2) is 7.81. The van der Waals surface area contributed by atoms with Gasteiger partial charge in [-0.1, -0.05) is 23.7 Å². The minimum atomic E-state index is -0.217. The fraction of sp³-hybridized carbons (Fsp3) is 0.167. The van der Waals surface area contributed by atoms with E-state index in [0.29, 0.717) is 17.3 Å². The van der Waals surface area contributed by atoms with Crippen LogP contribution >= 0.6 is 11.6 Å². The van der Waals surface area contributed by atoms with Crippen molar-refractivity contribution in [1.82, 2.24) is 10.3 Å². The Bertz CT molecular complexity index is 845. The van der Waals surface area contributed by atoms with Crippen LogP contribution in [0.5, 0.6) is 5.75 Å². The van der Waals surface area contributed by atoms with E-state index in [1.54, 1.807) is 24.3 Å². The largest absolute Gasteiger partial charge is 0.494 e. The number of hydrogen-bond acceptors (Lipinski definition) is 5. The van der Waals surface area contributed by atoms with Gasteiger partial charge in [0.1, 0.15) is 5.75 Å². The third-order valence-electron chi connectivity index (χ3n) is 3.46. The van der Waals surface area contributed by atoms with Gasteiger partial charge in [-0.3, -0.25) is 4.79 Å². The van der Waals surface area contributed by atoms with Crippen molar-refractivity contribution < 1.29 is 14.2 Å². The number of aromatic nitrogens is 2. The van der Waals surface area contributed by atoms with Gasteiger partial charge in [0, 0.05) is 10.6 Å². The number of nitrogens with one attached hydrogen (secondary N) is 1. The molecule has 2 aromatic carbocycles. The van der Waals surface area contributed by atoms with Gasteiger partial charge >= 0.3 is 0 Å². The van der Waals surface area contributed by atoms with Crippen molar-refractivity contribution in [2.75, 3.05) is 11.9 Å². The standard InChI is InChI=1S/C18H16ClN3O3/c1-2-24-15-9-5-13(6-10-15)17-18(22-25-21-17)20-16(23)11-12-3-7-14(19)8-4-12/h3-10H,2,11H2,1H3,(H,20,22,23). The first kappa shape index (κ1) is 17.0. The molecule has 0 bridgehead atoms. The molecular formula is C18H16ClN3O3. The number of amides is 1. The van der Waals surface area contributed by atoms with Crippen LogP contribution in [0.2, 0.25) is 5.02 Å². The smallest absolute Gasteiger partial charge is 0.230 e. The molecule has 6 nitrogen and oxygen atoms in total. The van der Waals surface area contributed by atoms with Gasteiger partial charge in [-0.2, -0.15) is 0 Å². The van der Waals surface area contributed by atoms with E-state index in [0.717, 1.165) is 16.9 Å². The second-order valence-electron chi connectivity index (χ2n) is 5.27. The van der Waals surface area contributed by atoms with Gasteiger partial charge in [-0.05, 0) is 59.2 Å². The third kappa shape index (κ3) is 4.36. The summed E-state index contributed by atoms with van der Waals surface area (Å²) in [5.74, 6) is 0.823. The quantitative estimate of drug-likeness (QED) is 0.722. The van der Waals surface area contributed by atoms with E-state index < -0.39 is 0 Å². The maximum atomic E-state index is 12.2. The molecule has 0 radical (unpaired) electrons. The lowest BCUT2D eigenvalue weighted by molar-refractivity contribution is -0.115. The molecule has 0 saturated heterocycles. The summed E-state index contributed by atoms with van der Waals surface area (Å²) in [5.41, 5.74) is 2.08. The Morgan fingerprint density at radius 3 is 2.52 bits per heavy atom. The van der Waals surface area contributed by atoms with Crippen LogP contribution in [-0.2, 0) is 11.2 Å². The summed E-state index contributed by atoms with van der Waals surface area (Å²) in [4.78, 5) is 12.2. The Hall–Kier alpha value is -2.86. The Balaban J connectivity index is 1.70. The summed E-state index contributed by atoms with van der Waals surface area (Å²) in [6.07, 6.45) is 0.201. The number of anilines is 1. The number of carbonyl (C=O) groups is 1. The van der Waals surface area contributed by atoms with E-state index >= 15 is 0 Å². The van der Waals surface area contributed by atoms with E-state index in [1.807, 2.05) is 31.2 Å². The molecular weight excluding hydrogens is 342 g/mol. The third-order valence-corrected chi connectivity index (χ3v) is 3.72. The number of nitrogens with zero attached hydrogens (tertiary/aromatic N) is 2. The summed E-state index contributed by atoms with van der Waals surface area (Å²) < 4.78 is 10.2. The fourth-order valence-corrected chi connectivity index (χ4v) is 2.43. The highest BCUT2D eigenvalue weighted by atomic mass is 35.5. The van der Waals surface area contributed by atoms with Crippen LogP contribution < -0.4 is 10.1 Å². The minimum Gasteiger partial charge on any atom is -0.494 e. The lowest BCUT2D eigenvalue weighted by atomic mass is 10.1. The topological polar surface area (TPSA) is 77.2 Å². The van der Waals surface area contributed by atoms with Gasteiger partial charge in [-0.25, -0.2) is 4.63 Å². The van der Waals surface area contributed by atoms with Crippen molar-refractivity contribution in [2.24, 2.45) is 0 Å². The van der Waals surface area contributed by atoms with Gasteiger partial charge in [0.15, 0.2) is 5.69 Å². The van der Waals surface area contributed by atoms with Crippen molar-refractivity contribution in [3.05, 3.63) is 59.1 Å². The van der Waals surface area contributed by atoms with E-state index in [2.05, 4.69) is 15.6 Å². The summed E-state index contributed by atoms with van der Waals surface area (Å²) in [7, 11) is 0. The van der Waals surface area contributed by atoms with Crippen molar-refractivity contribution in [1.29, 1.82) is 0 Å². The van der Waals surface area contributed by atoms with Crippen LogP contribution in [-0.4, -0.2) is 22.8 Å². The maximum absolute atomic E-state index is 12.2. The first-order chi connectivity index (χ1) is 12.2. The van der Waals surface area contributed by atoms with Crippen molar-refractivity contribution in [3.63, 3.8) is 0 Å². The molecule has 0 unspecified atom stereocenters. The highest BCUT2D eigenvalue weighted by Gasteiger charge is 2.15. The molecule has 3 aromatic rings. The monoisotopic (exact) mass is 357 g/mol. The lowest BCUT2D eigenvalue weighted by Gasteiger charge is -2.05. The second-order valence-corrected chi connectivity index (χ2v) is 5.71. The number of benzene rings is 2.